The molecule has 0 aliphatic carbocycles. The lowest BCUT2D eigenvalue weighted by molar-refractivity contribution is -0.155. The van der Waals surface area contributed by atoms with Gasteiger partial charge in [-0.25, -0.2) is 4.79 Å². The fourth-order valence-corrected chi connectivity index (χ4v) is 2.10. The number of hydrogen-bond donors (Lipinski definition) is 0. The Morgan fingerprint density at radius 3 is 2.23 bits per heavy atom. The highest BCUT2D eigenvalue weighted by molar-refractivity contribution is 5.93. The summed E-state index contributed by atoms with van der Waals surface area (Å²) in [6.07, 6.45) is 2.29. The molecule has 1 aliphatic heterocycles. The van der Waals surface area contributed by atoms with E-state index >= 15 is 0 Å². The first-order valence-electron chi connectivity index (χ1n) is 7.34. The summed E-state index contributed by atoms with van der Waals surface area (Å²) in [5.74, 6) is -0.937. The Morgan fingerprint density at radius 2 is 1.86 bits per heavy atom. The Balaban J connectivity index is 2.78. The number of carbonyl (C=O) groups is 2. The van der Waals surface area contributed by atoms with Crippen molar-refractivity contribution in [3.8, 4) is 0 Å². The second-order valence-electron chi connectivity index (χ2n) is 6.80. The van der Waals surface area contributed by atoms with Crippen molar-refractivity contribution in [2.45, 2.75) is 44.8 Å². The Morgan fingerprint density at radius 1 is 1.27 bits per heavy atom. The predicted octanol–water partition coefficient (Wildman–Crippen LogP) is 1.54. The highest BCUT2D eigenvalue weighted by Gasteiger charge is 2.40. The van der Waals surface area contributed by atoms with Gasteiger partial charge in [0.15, 0.2) is 0 Å². The lowest BCUT2D eigenvalue weighted by Crippen LogP contribution is -2.59. The normalized spacial score (nSPS) is 17.9. The van der Waals surface area contributed by atoms with Crippen LogP contribution < -0.4 is 0 Å². The van der Waals surface area contributed by atoms with Gasteiger partial charge in [0, 0.05) is 5.57 Å². The van der Waals surface area contributed by atoms with Gasteiger partial charge < -0.3 is 14.2 Å². The van der Waals surface area contributed by atoms with Crippen LogP contribution in [0.5, 0.6) is 0 Å². The minimum absolute atomic E-state index is 0.0890. The molecule has 0 amide bonds. The van der Waals surface area contributed by atoms with E-state index in [0.29, 0.717) is 25.2 Å². The standard InChI is InChI=1S/C16H27NO5/c1-15(2,3)22-13(18)9-12(14(19)20-6)7-8-16(17(4)5)10-21-11-16/h7H,8-11H2,1-6H3/b12-7-. The fourth-order valence-electron chi connectivity index (χ4n) is 2.10. The van der Waals surface area contributed by atoms with Crippen LogP contribution in [0.4, 0.5) is 0 Å². The average molecular weight is 313 g/mol. The molecule has 0 saturated carbocycles. The topological polar surface area (TPSA) is 65.1 Å². The summed E-state index contributed by atoms with van der Waals surface area (Å²) in [4.78, 5) is 25.9. The molecule has 0 bridgehead atoms. The molecule has 22 heavy (non-hydrogen) atoms. The number of likely N-dealkylation sites (N-methyl/N-ethyl adjacent to an activating group) is 1. The summed E-state index contributed by atoms with van der Waals surface area (Å²) in [6.45, 7) is 6.59. The van der Waals surface area contributed by atoms with Crippen molar-refractivity contribution in [1.29, 1.82) is 0 Å². The van der Waals surface area contributed by atoms with E-state index < -0.39 is 17.5 Å². The number of rotatable bonds is 6. The maximum atomic E-state index is 11.9. The average Bonchev–Trinajstić information content (AvgIpc) is 2.32. The lowest BCUT2D eigenvalue weighted by atomic mass is 9.90. The molecule has 1 aliphatic rings. The summed E-state index contributed by atoms with van der Waals surface area (Å²) in [5.41, 5.74) is -0.372. The zero-order chi connectivity index (χ0) is 17.0. The number of methoxy groups -OCH3 is 1. The second kappa shape index (κ2) is 7.24. The van der Waals surface area contributed by atoms with E-state index in [1.807, 2.05) is 14.1 Å². The van der Waals surface area contributed by atoms with Crippen molar-refractivity contribution >= 4 is 11.9 Å². The number of nitrogens with zero attached hydrogens (tertiary/aromatic N) is 1. The van der Waals surface area contributed by atoms with Crippen LogP contribution in [-0.2, 0) is 23.8 Å². The van der Waals surface area contributed by atoms with Crippen molar-refractivity contribution in [1.82, 2.24) is 4.90 Å². The van der Waals surface area contributed by atoms with Crippen LogP contribution in [-0.4, -0.2) is 62.4 Å². The highest BCUT2D eigenvalue weighted by atomic mass is 16.6. The molecule has 0 radical (unpaired) electrons. The predicted molar refractivity (Wildman–Crippen MR) is 82.4 cm³/mol. The van der Waals surface area contributed by atoms with Gasteiger partial charge in [-0.05, 0) is 41.3 Å². The Hall–Kier alpha value is -1.40. The third-order valence-electron chi connectivity index (χ3n) is 3.62. The maximum Gasteiger partial charge on any atom is 0.333 e. The Labute approximate surface area is 132 Å². The number of carbonyl (C=O) groups excluding carboxylic acids is 2. The van der Waals surface area contributed by atoms with Crippen molar-refractivity contribution in [2.24, 2.45) is 0 Å². The van der Waals surface area contributed by atoms with Gasteiger partial charge in [-0.1, -0.05) is 6.08 Å². The molecular weight excluding hydrogens is 286 g/mol. The van der Waals surface area contributed by atoms with Crippen molar-refractivity contribution in [3.63, 3.8) is 0 Å². The van der Waals surface area contributed by atoms with Crippen LogP contribution in [0, 0.1) is 0 Å². The van der Waals surface area contributed by atoms with Gasteiger partial charge in [-0.15, -0.1) is 0 Å². The van der Waals surface area contributed by atoms with Crippen molar-refractivity contribution in [3.05, 3.63) is 11.6 Å². The van der Waals surface area contributed by atoms with Crippen LogP contribution in [0.15, 0.2) is 11.6 Å². The van der Waals surface area contributed by atoms with E-state index in [9.17, 15) is 9.59 Å². The first-order valence-corrected chi connectivity index (χ1v) is 7.34. The van der Waals surface area contributed by atoms with Crippen molar-refractivity contribution < 1.29 is 23.8 Å². The minimum Gasteiger partial charge on any atom is -0.466 e. The second-order valence-corrected chi connectivity index (χ2v) is 6.80. The van der Waals surface area contributed by atoms with Crippen LogP contribution in [0.25, 0.3) is 0 Å². The summed E-state index contributed by atoms with van der Waals surface area (Å²) in [7, 11) is 5.25. The minimum atomic E-state index is -0.578. The van der Waals surface area contributed by atoms with E-state index in [1.165, 1.54) is 7.11 Å². The molecule has 0 unspecified atom stereocenters. The summed E-state index contributed by atoms with van der Waals surface area (Å²) in [5, 5.41) is 0. The van der Waals surface area contributed by atoms with Gasteiger partial charge in [0.1, 0.15) is 5.60 Å². The van der Waals surface area contributed by atoms with Crippen LogP contribution in [0.2, 0.25) is 0 Å². The molecule has 6 heteroatoms. The fraction of sp³-hybridized carbons (Fsp3) is 0.750. The monoisotopic (exact) mass is 313 g/mol. The van der Waals surface area contributed by atoms with Gasteiger partial charge in [-0.3, -0.25) is 9.69 Å². The molecule has 0 aromatic heterocycles. The van der Waals surface area contributed by atoms with E-state index in [1.54, 1.807) is 26.8 Å². The van der Waals surface area contributed by atoms with E-state index in [0.717, 1.165) is 0 Å². The Kier molecular flexibility index (Phi) is 6.14. The molecule has 1 fully saturated rings. The third kappa shape index (κ3) is 5.10. The van der Waals surface area contributed by atoms with Crippen LogP contribution in [0.3, 0.4) is 0 Å². The molecule has 1 saturated heterocycles. The van der Waals surface area contributed by atoms with Gasteiger partial charge >= 0.3 is 11.9 Å². The first kappa shape index (κ1) is 18.6. The number of ether oxygens (including phenoxy) is 3. The van der Waals surface area contributed by atoms with E-state index in [-0.39, 0.29) is 12.0 Å². The molecular formula is C16H27NO5. The molecule has 0 aromatic carbocycles. The summed E-state index contributed by atoms with van der Waals surface area (Å²) < 4.78 is 15.3. The number of hydrogen-bond acceptors (Lipinski definition) is 6. The van der Waals surface area contributed by atoms with Gasteiger partial charge in [0.05, 0.1) is 32.3 Å². The Bertz CT molecular complexity index is 444. The SMILES string of the molecule is COC(=O)/C(=C\CC1(N(C)C)COC1)CC(=O)OC(C)(C)C. The van der Waals surface area contributed by atoms with Crippen LogP contribution in [0.1, 0.15) is 33.6 Å². The highest BCUT2D eigenvalue weighted by Crippen LogP contribution is 2.28. The molecule has 0 atom stereocenters. The molecule has 1 rings (SSSR count). The maximum absolute atomic E-state index is 11.9. The van der Waals surface area contributed by atoms with E-state index in [2.05, 4.69) is 4.90 Å². The molecule has 1 heterocycles. The van der Waals surface area contributed by atoms with Gasteiger partial charge in [0.2, 0.25) is 0 Å². The summed E-state index contributed by atoms with van der Waals surface area (Å²) >= 11 is 0. The molecule has 126 valence electrons. The quantitative estimate of drug-likeness (QED) is 0.547. The van der Waals surface area contributed by atoms with Crippen LogP contribution >= 0.6 is 0 Å². The van der Waals surface area contributed by atoms with Gasteiger partial charge in [-0.2, -0.15) is 0 Å². The first-order chi connectivity index (χ1) is 10.1. The lowest BCUT2D eigenvalue weighted by Gasteiger charge is -2.46. The molecule has 0 aromatic rings. The molecule has 0 spiro atoms. The number of esters is 2. The zero-order valence-corrected chi connectivity index (χ0v) is 14.4. The zero-order valence-electron chi connectivity index (χ0n) is 14.4. The summed E-state index contributed by atoms with van der Waals surface area (Å²) in [6, 6.07) is 0. The molecule has 0 N–H and O–H groups in total. The third-order valence-corrected chi connectivity index (χ3v) is 3.62. The van der Waals surface area contributed by atoms with Gasteiger partial charge in [0.25, 0.3) is 0 Å². The van der Waals surface area contributed by atoms with E-state index in [4.69, 9.17) is 14.2 Å². The smallest absolute Gasteiger partial charge is 0.333 e. The largest absolute Gasteiger partial charge is 0.466 e. The molecule has 6 nitrogen and oxygen atoms in total. The van der Waals surface area contributed by atoms with Crippen molar-refractivity contribution in [2.75, 3.05) is 34.4 Å².